The van der Waals surface area contributed by atoms with Crippen LogP contribution in [0.5, 0.6) is 0 Å². The highest BCUT2D eigenvalue weighted by Gasteiger charge is 2.35. The van der Waals surface area contributed by atoms with E-state index in [9.17, 15) is 9.59 Å². The molecule has 0 aromatic heterocycles. The van der Waals surface area contributed by atoms with Gasteiger partial charge in [0.2, 0.25) is 5.91 Å². The van der Waals surface area contributed by atoms with Gasteiger partial charge in [-0.3, -0.25) is 9.59 Å². The van der Waals surface area contributed by atoms with Crippen LogP contribution < -0.4 is 0 Å². The molecule has 0 saturated heterocycles. The lowest BCUT2D eigenvalue weighted by molar-refractivity contribution is -0.141. The fourth-order valence-electron chi connectivity index (χ4n) is 2.92. The Hall–Kier alpha value is -1.06. The first-order valence-corrected chi connectivity index (χ1v) is 7.54. The summed E-state index contributed by atoms with van der Waals surface area (Å²) in [6.07, 6.45) is 4.07. The summed E-state index contributed by atoms with van der Waals surface area (Å²) in [4.78, 5) is 25.3. The molecule has 0 radical (unpaired) electrons. The first-order valence-electron chi connectivity index (χ1n) is 7.54. The van der Waals surface area contributed by atoms with Crippen molar-refractivity contribution in [3.05, 3.63) is 0 Å². The molecule has 1 aliphatic carbocycles. The van der Waals surface area contributed by atoms with E-state index in [2.05, 4.69) is 13.8 Å². The summed E-state index contributed by atoms with van der Waals surface area (Å²) in [5, 5.41) is 9.01. The average Bonchev–Trinajstić information content (AvgIpc) is 2.89. The van der Waals surface area contributed by atoms with Crippen molar-refractivity contribution in [1.82, 2.24) is 4.90 Å². The summed E-state index contributed by atoms with van der Waals surface area (Å²) < 4.78 is 0. The standard InChI is InChI=1S/C15H27NO3/c1-4-11(5-2)10-16(6-3)14(17)12-7-8-13(9-12)15(18)19/h11-13H,4-10H2,1-3H3,(H,18,19). The minimum atomic E-state index is -0.752. The topological polar surface area (TPSA) is 57.6 Å². The smallest absolute Gasteiger partial charge is 0.306 e. The first-order chi connectivity index (χ1) is 9.03. The number of hydrogen-bond acceptors (Lipinski definition) is 2. The molecule has 0 aromatic rings. The van der Waals surface area contributed by atoms with Crippen LogP contribution in [0.4, 0.5) is 0 Å². The van der Waals surface area contributed by atoms with E-state index in [-0.39, 0.29) is 17.7 Å². The van der Waals surface area contributed by atoms with Crippen molar-refractivity contribution in [3.8, 4) is 0 Å². The van der Waals surface area contributed by atoms with Crippen LogP contribution in [-0.2, 0) is 9.59 Å². The van der Waals surface area contributed by atoms with E-state index in [0.29, 0.717) is 18.8 Å². The SMILES string of the molecule is CCC(CC)CN(CC)C(=O)C1CCC(C(=O)O)C1. The zero-order chi connectivity index (χ0) is 14.4. The molecule has 0 bridgehead atoms. The molecule has 1 fully saturated rings. The zero-order valence-electron chi connectivity index (χ0n) is 12.4. The molecule has 1 amide bonds. The maximum atomic E-state index is 12.4. The minimum absolute atomic E-state index is 0.0737. The number of carbonyl (C=O) groups is 2. The number of nitrogens with zero attached hydrogens (tertiary/aromatic N) is 1. The van der Waals surface area contributed by atoms with Gasteiger partial charge in [0.15, 0.2) is 0 Å². The molecule has 4 heteroatoms. The molecular formula is C15H27NO3. The van der Waals surface area contributed by atoms with E-state index < -0.39 is 5.97 Å². The summed E-state index contributed by atoms with van der Waals surface area (Å²) in [6.45, 7) is 7.86. The van der Waals surface area contributed by atoms with E-state index in [4.69, 9.17) is 5.11 Å². The van der Waals surface area contributed by atoms with Crippen LogP contribution in [0.15, 0.2) is 0 Å². The molecule has 4 nitrogen and oxygen atoms in total. The number of carbonyl (C=O) groups excluding carboxylic acids is 1. The van der Waals surface area contributed by atoms with E-state index in [0.717, 1.165) is 32.4 Å². The molecule has 19 heavy (non-hydrogen) atoms. The van der Waals surface area contributed by atoms with Gasteiger partial charge in [0, 0.05) is 19.0 Å². The van der Waals surface area contributed by atoms with E-state index in [1.165, 1.54) is 0 Å². The maximum absolute atomic E-state index is 12.4. The van der Waals surface area contributed by atoms with Gasteiger partial charge in [-0.25, -0.2) is 0 Å². The van der Waals surface area contributed by atoms with Gasteiger partial charge in [0.1, 0.15) is 0 Å². The second-order valence-corrected chi connectivity index (χ2v) is 5.60. The summed E-state index contributed by atoms with van der Waals surface area (Å²) in [5.41, 5.74) is 0. The molecule has 0 heterocycles. The first kappa shape index (κ1) is 16.0. The third-order valence-electron chi connectivity index (χ3n) is 4.46. The van der Waals surface area contributed by atoms with Crippen molar-refractivity contribution in [2.75, 3.05) is 13.1 Å². The number of carboxylic acid groups (broad SMARTS) is 1. The normalized spacial score (nSPS) is 22.7. The quantitative estimate of drug-likeness (QED) is 0.773. The minimum Gasteiger partial charge on any atom is -0.481 e. The number of hydrogen-bond donors (Lipinski definition) is 1. The third kappa shape index (κ3) is 4.22. The Morgan fingerprint density at radius 2 is 1.74 bits per heavy atom. The second kappa shape index (κ2) is 7.51. The number of aliphatic carboxylic acids is 1. The lowest BCUT2D eigenvalue weighted by Gasteiger charge is -2.28. The summed E-state index contributed by atoms with van der Waals surface area (Å²) in [6, 6.07) is 0. The molecule has 1 aliphatic rings. The van der Waals surface area contributed by atoms with Crippen molar-refractivity contribution in [2.45, 2.75) is 52.9 Å². The number of rotatable bonds is 7. The molecule has 0 spiro atoms. The van der Waals surface area contributed by atoms with Crippen LogP contribution in [0.3, 0.4) is 0 Å². The Morgan fingerprint density at radius 1 is 1.16 bits per heavy atom. The van der Waals surface area contributed by atoms with Gasteiger partial charge >= 0.3 is 5.97 Å². The van der Waals surface area contributed by atoms with Crippen molar-refractivity contribution < 1.29 is 14.7 Å². The number of amides is 1. The molecular weight excluding hydrogens is 242 g/mol. The Balaban J connectivity index is 2.57. The molecule has 0 aromatic carbocycles. The third-order valence-corrected chi connectivity index (χ3v) is 4.46. The highest BCUT2D eigenvalue weighted by molar-refractivity contribution is 5.81. The van der Waals surface area contributed by atoms with Gasteiger partial charge in [0.05, 0.1) is 5.92 Å². The fourth-order valence-corrected chi connectivity index (χ4v) is 2.92. The zero-order valence-corrected chi connectivity index (χ0v) is 12.4. The van der Waals surface area contributed by atoms with Crippen LogP contribution >= 0.6 is 0 Å². The highest BCUT2D eigenvalue weighted by Crippen LogP contribution is 2.32. The molecule has 0 aliphatic heterocycles. The fraction of sp³-hybridized carbons (Fsp3) is 0.867. The van der Waals surface area contributed by atoms with Gasteiger partial charge in [0.25, 0.3) is 0 Å². The van der Waals surface area contributed by atoms with Gasteiger partial charge in [-0.05, 0) is 32.1 Å². The largest absolute Gasteiger partial charge is 0.481 e. The van der Waals surface area contributed by atoms with Crippen molar-refractivity contribution in [1.29, 1.82) is 0 Å². The molecule has 1 N–H and O–H groups in total. The molecule has 1 rings (SSSR count). The maximum Gasteiger partial charge on any atom is 0.306 e. The van der Waals surface area contributed by atoms with Crippen LogP contribution in [-0.4, -0.2) is 35.0 Å². The van der Waals surface area contributed by atoms with Crippen molar-refractivity contribution in [3.63, 3.8) is 0 Å². The van der Waals surface area contributed by atoms with Crippen molar-refractivity contribution >= 4 is 11.9 Å². The highest BCUT2D eigenvalue weighted by atomic mass is 16.4. The monoisotopic (exact) mass is 269 g/mol. The lowest BCUT2D eigenvalue weighted by atomic mass is 10.00. The van der Waals surface area contributed by atoms with E-state index >= 15 is 0 Å². The van der Waals surface area contributed by atoms with E-state index in [1.807, 2.05) is 11.8 Å². The van der Waals surface area contributed by atoms with Gasteiger partial charge < -0.3 is 10.0 Å². The van der Waals surface area contributed by atoms with Gasteiger partial charge in [-0.2, -0.15) is 0 Å². The summed E-state index contributed by atoms with van der Waals surface area (Å²) in [7, 11) is 0. The van der Waals surface area contributed by atoms with E-state index in [1.54, 1.807) is 0 Å². The second-order valence-electron chi connectivity index (χ2n) is 5.60. The predicted octanol–water partition coefficient (Wildman–Crippen LogP) is 2.77. The predicted molar refractivity (Wildman–Crippen MR) is 74.8 cm³/mol. The molecule has 2 atom stereocenters. The van der Waals surface area contributed by atoms with Crippen LogP contribution in [0, 0.1) is 17.8 Å². The Kier molecular flexibility index (Phi) is 6.32. The average molecular weight is 269 g/mol. The summed E-state index contributed by atoms with van der Waals surface area (Å²) >= 11 is 0. The van der Waals surface area contributed by atoms with Crippen LogP contribution in [0.25, 0.3) is 0 Å². The Labute approximate surface area is 116 Å². The van der Waals surface area contributed by atoms with Crippen LogP contribution in [0.2, 0.25) is 0 Å². The summed E-state index contributed by atoms with van der Waals surface area (Å²) in [5.74, 6) is -0.423. The molecule has 1 saturated carbocycles. The molecule has 2 unspecified atom stereocenters. The Bertz CT molecular complexity index is 313. The number of carboxylic acids is 1. The lowest BCUT2D eigenvalue weighted by Crippen LogP contribution is -2.38. The van der Waals surface area contributed by atoms with Gasteiger partial charge in [-0.15, -0.1) is 0 Å². The van der Waals surface area contributed by atoms with Crippen molar-refractivity contribution in [2.24, 2.45) is 17.8 Å². The molecule has 110 valence electrons. The van der Waals surface area contributed by atoms with Crippen LogP contribution in [0.1, 0.15) is 52.9 Å². The van der Waals surface area contributed by atoms with Gasteiger partial charge in [-0.1, -0.05) is 26.7 Å². The Morgan fingerprint density at radius 3 is 2.16 bits per heavy atom.